The van der Waals surface area contributed by atoms with E-state index >= 15 is 0 Å². The summed E-state index contributed by atoms with van der Waals surface area (Å²) >= 11 is 0. The van der Waals surface area contributed by atoms with Crippen molar-refractivity contribution in [2.24, 2.45) is 0 Å². The summed E-state index contributed by atoms with van der Waals surface area (Å²) in [7, 11) is 0. The molecule has 0 amide bonds. The van der Waals surface area contributed by atoms with Gasteiger partial charge in [0, 0.05) is 23.1 Å². The molecule has 5 nitrogen and oxygen atoms in total. The minimum Gasteiger partial charge on any atom is -0.508 e. The number of aryl methyl sites for hydroxylation is 4. The fourth-order valence-electron chi connectivity index (χ4n) is 4.06. The van der Waals surface area contributed by atoms with Crippen LogP contribution >= 0.6 is 0 Å². The van der Waals surface area contributed by atoms with Crippen LogP contribution in [0.2, 0.25) is 0 Å². The summed E-state index contributed by atoms with van der Waals surface area (Å²) in [6.45, 7) is 7.70. The maximum Gasteiger partial charge on any atom is 0.171 e. The molecule has 0 fully saturated rings. The third-order valence-electron chi connectivity index (χ3n) is 5.54. The normalized spacial score (nSPS) is 10.8. The average molecular weight is 442 g/mol. The molecule has 4 rings (SSSR count). The lowest BCUT2D eigenvalue weighted by Gasteiger charge is -2.29. The van der Waals surface area contributed by atoms with Crippen molar-refractivity contribution in [2.75, 3.05) is 4.90 Å². The quantitative estimate of drug-likeness (QED) is 0.303. The van der Waals surface area contributed by atoms with Gasteiger partial charge in [-0.05, 0) is 105 Å². The number of aromatic hydroxyl groups is 3. The van der Waals surface area contributed by atoms with Gasteiger partial charge in [0.15, 0.2) is 11.5 Å². The van der Waals surface area contributed by atoms with Crippen molar-refractivity contribution < 1.29 is 20.1 Å². The van der Waals surface area contributed by atoms with Crippen molar-refractivity contribution in [2.45, 2.75) is 27.7 Å². The maximum absolute atomic E-state index is 10.4. The number of phenols is 3. The second kappa shape index (κ2) is 8.79. The first-order valence-corrected chi connectivity index (χ1v) is 10.7. The molecule has 0 atom stereocenters. The molecule has 4 aromatic rings. The molecule has 0 aromatic heterocycles. The zero-order chi connectivity index (χ0) is 23.7. The van der Waals surface area contributed by atoms with Gasteiger partial charge in [-0.1, -0.05) is 12.1 Å². The average Bonchev–Trinajstić information content (AvgIpc) is 2.74. The highest BCUT2D eigenvalue weighted by atomic mass is 16.5. The Labute approximate surface area is 193 Å². The van der Waals surface area contributed by atoms with E-state index in [-0.39, 0.29) is 17.2 Å². The first-order chi connectivity index (χ1) is 15.7. The highest BCUT2D eigenvalue weighted by Gasteiger charge is 2.18. The topological polar surface area (TPSA) is 73.2 Å². The Morgan fingerprint density at radius 2 is 1.24 bits per heavy atom. The molecular weight excluding hydrogens is 414 g/mol. The molecular formula is C28H27NO4. The molecule has 0 saturated heterocycles. The SMILES string of the molecule is Cc1cc(C)c(Oc2cccc(N(c3ccc(O)cc3C)c3ccc(O)cc3C)c2)c(O)c1. The Bertz CT molecular complexity index is 1260. The molecule has 0 bridgehead atoms. The van der Waals surface area contributed by atoms with E-state index in [1.807, 2.05) is 70.2 Å². The summed E-state index contributed by atoms with van der Waals surface area (Å²) in [6, 6.07) is 21.7. The molecule has 33 heavy (non-hydrogen) atoms. The Kier molecular flexibility index (Phi) is 5.88. The van der Waals surface area contributed by atoms with Gasteiger partial charge in [-0.15, -0.1) is 0 Å². The van der Waals surface area contributed by atoms with Gasteiger partial charge in [0.25, 0.3) is 0 Å². The smallest absolute Gasteiger partial charge is 0.171 e. The van der Waals surface area contributed by atoms with Crippen LogP contribution in [-0.4, -0.2) is 15.3 Å². The number of hydrogen-bond acceptors (Lipinski definition) is 5. The molecule has 0 aliphatic rings. The van der Waals surface area contributed by atoms with Crippen LogP contribution in [0.4, 0.5) is 17.1 Å². The number of ether oxygens (including phenoxy) is 1. The summed E-state index contributed by atoms with van der Waals surface area (Å²) in [6.07, 6.45) is 0. The summed E-state index contributed by atoms with van der Waals surface area (Å²) < 4.78 is 6.10. The lowest BCUT2D eigenvalue weighted by molar-refractivity contribution is 0.408. The van der Waals surface area contributed by atoms with E-state index < -0.39 is 0 Å². The first-order valence-electron chi connectivity index (χ1n) is 10.7. The molecule has 0 aliphatic heterocycles. The van der Waals surface area contributed by atoms with Gasteiger partial charge in [0.05, 0.1) is 0 Å². The minimum atomic E-state index is 0.0958. The van der Waals surface area contributed by atoms with Gasteiger partial charge in [-0.3, -0.25) is 0 Å². The van der Waals surface area contributed by atoms with Crippen LogP contribution in [0, 0.1) is 27.7 Å². The fourth-order valence-corrected chi connectivity index (χ4v) is 4.06. The summed E-state index contributed by atoms with van der Waals surface area (Å²) in [5.41, 5.74) is 6.18. The Hall–Kier alpha value is -4.12. The number of anilines is 3. The van der Waals surface area contributed by atoms with Gasteiger partial charge in [-0.25, -0.2) is 0 Å². The van der Waals surface area contributed by atoms with Crippen LogP contribution in [0.25, 0.3) is 0 Å². The van der Waals surface area contributed by atoms with Crippen LogP contribution in [0.1, 0.15) is 22.3 Å². The molecule has 0 heterocycles. The number of hydrogen-bond donors (Lipinski definition) is 3. The molecule has 0 radical (unpaired) electrons. The van der Waals surface area contributed by atoms with Gasteiger partial charge < -0.3 is 25.0 Å². The van der Waals surface area contributed by atoms with E-state index in [0.29, 0.717) is 11.5 Å². The van der Waals surface area contributed by atoms with Crippen LogP contribution in [-0.2, 0) is 0 Å². The Morgan fingerprint density at radius 1 is 0.636 bits per heavy atom. The van der Waals surface area contributed by atoms with E-state index in [1.54, 1.807) is 30.3 Å². The lowest BCUT2D eigenvalue weighted by atomic mass is 10.1. The lowest BCUT2D eigenvalue weighted by Crippen LogP contribution is -2.12. The van der Waals surface area contributed by atoms with Gasteiger partial charge >= 0.3 is 0 Å². The molecule has 0 unspecified atom stereocenters. The summed E-state index contributed by atoms with van der Waals surface area (Å²) in [4.78, 5) is 2.05. The third kappa shape index (κ3) is 4.58. The maximum atomic E-state index is 10.4. The van der Waals surface area contributed by atoms with E-state index in [4.69, 9.17) is 4.74 Å². The second-order valence-electron chi connectivity index (χ2n) is 8.31. The third-order valence-corrected chi connectivity index (χ3v) is 5.54. The van der Waals surface area contributed by atoms with Crippen LogP contribution in [0.15, 0.2) is 72.8 Å². The highest BCUT2D eigenvalue weighted by molar-refractivity contribution is 5.81. The van der Waals surface area contributed by atoms with E-state index in [9.17, 15) is 15.3 Å². The molecule has 0 saturated carbocycles. The van der Waals surface area contributed by atoms with Gasteiger partial charge in [-0.2, -0.15) is 0 Å². The molecule has 3 N–H and O–H groups in total. The van der Waals surface area contributed by atoms with Crippen molar-refractivity contribution >= 4 is 17.1 Å². The van der Waals surface area contributed by atoms with E-state index in [0.717, 1.165) is 39.3 Å². The number of rotatable bonds is 5. The standard InChI is InChI=1S/C28H27NO4/c1-17-12-20(4)28(27(32)13-17)33-24-7-5-6-21(16-24)29(25-10-8-22(30)14-18(25)2)26-11-9-23(31)15-19(26)3/h5-16,30-32H,1-4H3. The molecule has 168 valence electrons. The number of phenolic OH excluding ortho intramolecular Hbond substituents is 3. The van der Waals surface area contributed by atoms with Crippen molar-refractivity contribution in [3.8, 4) is 28.7 Å². The monoisotopic (exact) mass is 441 g/mol. The fraction of sp³-hybridized carbons (Fsp3) is 0.143. The van der Waals surface area contributed by atoms with Crippen molar-refractivity contribution in [1.82, 2.24) is 0 Å². The van der Waals surface area contributed by atoms with E-state index in [1.165, 1.54) is 0 Å². The minimum absolute atomic E-state index is 0.0958. The first kappa shape index (κ1) is 22.1. The molecule has 0 aliphatic carbocycles. The predicted molar refractivity (Wildman–Crippen MR) is 132 cm³/mol. The Morgan fingerprint density at radius 3 is 1.79 bits per heavy atom. The predicted octanol–water partition coefficient (Wildman–Crippen LogP) is 7.30. The van der Waals surface area contributed by atoms with Crippen LogP contribution < -0.4 is 9.64 Å². The van der Waals surface area contributed by atoms with Crippen molar-refractivity contribution in [3.05, 3.63) is 95.1 Å². The zero-order valence-corrected chi connectivity index (χ0v) is 19.1. The van der Waals surface area contributed by atoms with Crippen LogP contribution in [0.5, 0.6) is 28.7 Å². The number of benzene rings is 4. The number of nitrogens with zero attached hydrogens (tertiary/aromatic N) is 1. The largest absolute Gasteiger partial charge is 0.508 e. The van der Waals surface area contributed by atoms with Gasteiger partial charge in [0.1, 0.15) is 17.2 Å². The molecule has 5 heteroatoms. The van der Waals surface area contributed by atoms with Gasteiger partial charge in [0.2, 0.25) is 0 Å². The summed E-state index contributed by atoms with van der Waals surface area (Å²) in [5.74, 6) is 1.49. The molecule has 4 aromatic carbocycles. The second-order valence-corrected chi connectivity index (χ2v) is 8.31. The molecule has 0 spiro atoms. The highest BCUT2D eigenvalue weighted by Crippen LogP contribution is 2.42. The van der Waals surface area contributed by atoms with E-state index in [2.05, 4.69) is 4.90 Å². The Balaban J connectivity index is 1.83. The zero-order valence-electron chi connectivity index (χ0n) is 19.1. The van der Waals surface area contributed by atoms with Crippen molar-refractivity contribution in [1.29, 1.82) is 0 Å². The summed E-state index contributed by atoms with van der Waals surface area (Å²) in [5, 5.41) is 30.3. The van der Waals surface area contributed by atoms with Crippen LogP contribution in [0.3, 0.4) is 0 Å². The van der Waals surface area contributed by atoms with Crippen molar-refractivity contribution in [3.63, 3.8) is 0 Å².